The van der Waals surface area contributed by atoms with E-state index in [0.29, 0.717) is 6.07 Å². The Kier molecular flexibility index (Phi) is 5.69. The van der Waals surface area contributed by atoms with Crippen molar-refractivity contribution >= 4 is 34.3 Å². The van der Waals surface area contributed by atoms with Gasteiger partial charge in [0.1, 0.15) is 17.3 Å². The van der Waals surface area contributed by atoms with E-state index in [1.54, 1.807) is 0 Å². The average molecular weight is 475 g/mol. The van der Waals surface area contributed by atoms with E-state index < -0.39 is 41.3 Å². The van der Waals surface area contributed by atoms with Crippen LogP contribution < -0.4 is 16.4 Å². The maximum Gasteiger partial charge on any atom is 0.413 e. The third-order valence-corrected chi connectivity index (χ3v) is 5.10. The molecule has 2 aromatic carbocycles. The molecule has 4 aromatic rings. The fourth-order valence-electron chi connectivity index (χ4n) is 3.48. The third-order valence-electron chi connectivity index (χ3n) is 5.10. The zero-order valence-corrected chi connectivity index (χ0v) is 17.8. The van der Waals surface area contributed by atoms with Gasteiger partial charge >= 0.3 is 6.09 Å². The van der Waals surface area contributed by atoms with Gasteiger partial charge in [-0.2, -0.15) is 19.7 Å². The van der Waals surface area contributed by atoms with Gasteiger partial charge in [0.15, 0.2) is 23.3 Å². The van der Waals surface area contributed by atoms with Crippen molar-refractivity contribution in [3.63, 3.8) is 0 Å². The molecule has 0 atom stereocenters. The number of hydrogen-bond donors (Lipinski definition) is 2. The van der Waals surface area contributed by atoms with E-state index in [1.807, 2.05) is 0 Å². The first-order chi connectivity index (χ1) is 16.1. The molecule has 0 aliphatic heterocycles. The van der Waals surface area contributed by atoms with E-state index in [4.69, 9.17) is 11.5 Å². The van der Waals surface area contributed by atoms with E-state index in [9.17, 15) is 22.4 Å². The van der Waals surface area contributed by atoms with Crippen LogP contribution in [0, 0.1) is 23.3 Å². The molecular formula is C21H17F4N7O2. The lowest BCUT2D eigenvalue weighted by molar-refractivity contribution is 0.180. The number of carbonyl (C=O) groups is 1. The maximum absolute atomic E-state index is 14.3. The van der Waals surface area contributed by atoms with Crippen LogP contribution in [0.25, 0.3) is 16.9 Å². The van der Waals surface area contributed by atoms with E-state index >= 15 is 0 Å². The van der Waals surface area contributed by atoms with Gasteiger partial charge in [-0.05, 0) is 30.3 Å². The van der Waals surface area contributed by atoms with Crippen LogP contribution in [0.3, 0.4) is 0 Å². The minimum absolute atomic E-state index is 0.0118. The van der Waals surface area contributed by atoms with Gasteiger partial charge in [0.05, 0.1) is 18.3 Å². The van der Waals surface area contributed by atoms with Crippen molar-refractivity contribution in [1.82, 2.24) is 19.7 Å². The summed E-state index contributed by atoms with van der Waals surface area (Å²) < 4.78 is 61.9. The first-order valence-corrected chi connectivity index (χ1v) is 9.67. The topological polar surface area (TPSA) is 125 Å². The van der Waals surface area contributed by atoms with Crippen molar-refractivity contribution in [2.24, 2.45) is 0 Å². The largest absolute Gasteiger partial charge is 0.452 e. The number of methoxy groups -OCH3 is 1. The molecule has 176 valence electrons. The van der Waals surface area contributed by atoms with Crippen LogP contribution in [-0.2, 0) is 11.2 Å². The number of carbonyl (C=O) groups excluding carboxylic acids is 1. The van der Waals surface area contributed by atoms with Crippen LogP contribution in [0.2, 0.25) is 0 Å². The van der Waals surface area contributed by atoms with Crippen molar-refractivity contribution < 1.29 is 27.1 Å². The summed E-state index contributed by atoms with van der Waals surface area (Å²) in [4.78, 5) is 21.1. The number of aromatic nitrogens is 4. The van der Waals surface area contributed by atoms with Crippen LogP contribution in [0.1, 0.15) is 11.3 Å². The van der Waals surface area contributed by atoms with Crippen LogP contribution in [0.4, 0.5) is 39.7 Å². The lowest BCUT2D eigenvalue weighted by Gasteiger charge is -2.18. The summed E-state index contributed by atoms with van der Waals surface area (Å²) in [5.41, 5.74) is 11.7. The fourth-order valence-corrected chi connectivity index (χ4v) is 3.48. The van der Waals surface area contributed by atoms with Gasteiger partial charge in [-0.25, -0.2) is 22.4 Å². The molecule has 9 nitrogen and oxygen atoms in total. The highest BCUT2D eigenvalue weighted by molar-refractivity contribution is 5.94. The summed E-state index contributed by atoms with van der Waals surface area (Å²) in [6.07, 6.45) is -1.26. The molecule has 0 aliphatic rings. The Hall–Kier alpha value is -4.42. The summed E-state index contributed by atoms with van der Waals surface area (Å²) in [7, 11) is 2.52. The van der Waals surface area contributed by atoms with Crippen molar-refractivity contribution in [3.8, 4) is 5.95 Å². The predicted octanol–water partition coefficient (Wildman–Crippen LogP) is 3.33. The molecule has 0 aliphatic carbocycles. The smallest absolute Gasteiger partial charge is 0.413 e. The summed E-state index contributed by atoms with van der Waals surface area (Å²) in [6, 6.07) is 5.05. The molecule has 0 saturated carbocycles. The van der Waals surface area contributed by atoms with Crippen LogP contribution >= 0.6 is 0 Å². The molecule has 0 bridgehead atoms. The number of ether oxygens (including phenoxy) is 1. The molecule has 0 saturated heterocycles. The summed E-state index contributed by atoms with van der Waals surface area (Å²) in [5.74, 6) is -4.77. The van der Waals surface area contributed by atoms with E-state index in [2.05, 4.69) is 19.8 Å². The van der Waals surface area contributed by atoms with Crippen molar-refractivity contribution in [2.45, 2.75) is 6.42 Å². The second kappa shape index (κ2) is 8.50. The Balaban J connectivity index is 1.87. The van der Waals surface area contributed by atoms with Crippen molar-refractivity contribution in [3.05, 3.63) is 64.9 Å². The molecule has 0 radical (unpaired) electrons. The first-order valence-electron chi connectivity index (χ1n) is 9.67. The zero-order valence-electron chi connectivity index (χ0n) is 17.8. The molecule has 34 heavy (non-hydrogen) atoms. The number of benzene rings is 2. The quantitative estimate of drug-likeness (QED) is 0.343. The predicted molar refractivity (Wildman–Crippen MR) is 115 cm³/mol. The second-order valence-corrected chi connectivity index (χ2v) is 7.19. The third kappa shape index (κ3) is 3.80. The molecule has 0 fully saturated rings. The molecule has 4 rings (SSSR count). The van der Waals surface area contributed by atoms with Crippen LogP contribution in [0.5, 0.6) is 0 Å². The number of nitrogens with zero attached hydrogens (tertiary/aromatic N) is 5. The van der Waals surface area contributed by atoms with Crippen molar-refractivity contribution in [2.75, 3.05) is 30.5 Å². The maximum atomic E-state index is 14.3. The molecule has 0 unspecified atom stereocenters. The highest BCUT2D eigenvalue weighted by atomic mass is 19.2. The van der Waals surface area contributed by atoms with Gasteiger partial charge in [0.25, 0.3) is 5.95 Å². The Bertz CT molecular complexity index is 1420. The van der Waals surface area contributed by atoms with E-state index in [-0.39, 0.29) is 39.9 Å². The number of anilines is 3. The number of rotatable bonds is 4. The van der Waals surface area contributed by atoms with E-state index in [1.165, 1.54) is 20.2 Å². The lowest BCUT2D eigenvalue weighted by atomic mass is 10.1. The second-order valence-electron chi connectivity index (χ2n) is 7.19. The Labute approximate surface area is 189 Å². The molecular weight excluding hydrogens is 458 g/mol. The molecule has 13 heteroatoms. The summed E-state index contributed by atoms with van der Waals surface area (Å²) >= 11 is 0. The fraction of sp³-hybridized carbons (Fsp3) is 0.143. The lowest BCUT2D eigenvalue weighted by Crippen LogP contribution is -2.28. The monoisotopic (exact) mass is 475 g/mol. The first kappa shape index (κ1) is 22.8. The van der Waals surface area contributed by atoms with Gasteiger partial charge < -0.3 is 16.2 Å². The minimum atomic E-state index is -1.38. The Morgan fingerprint density at radius 1 is 1.06 bits per heavy atom. The van der Waals surface area contributed by atoms with Crippen molar-refractivity contribution in [1.29, 1.82) is 0 Å². The SMILES string of the molecule is COC(=O)N(C)c1c(N)nc(-n2nc(Cc3c(F)ccc(F)c3F)c3cc(F)ccc32)nc1N. The summed E-state index contributed by atoms with van der Waals surface area (Å²) in [6.45, 7) is 0. The number of nitrogens with two attached hydrogens (primary N) is 2. The Morgan fingerprint density at radius 2 is 1.71 bits per heavy atom. The molecule has 0 spiro atoms. The zero-order chi connectivity index (χ0) is 24.7. The highest BCUT2D eigenvalue weighted by Crippen LogP contribution is 2.30. The minimum Gasteiger partial charge on any atom is -0.452 e. The molecule has 4 N–H and O–H groups in total. The standard InChI is InChI=1S/C21H17F4N7O2/c1-31(21(33)34-2)17-18(26)28-20(29-19(17)27)32-15-6-3-9(22)7-11(15)14(30-32)8-10-12(23)4-5-13(24)16(10)25/h3-7H,8H2,1-2H3,(H4,26,27,28,29). The average Bonchev–Trinajstić information content (AvgIpc) is 3.15. The van der Waals surface area contributed by atoms with Crippen LogP contribution in [-0.4, -0.2) is 40.0 Å². The number of amides is 1. The van der Waals surface area contributed by atoms with Gasteiger partial charge in [-0.1, -0.05) is 0 Å². The number of fused-ring (bicyclic) bond motifs is 1. The van der Waals surface area contributed by atoms with E-state index in [0.717, 1.165) is 27.8 Å². The van der Waals surface area contributed by atoms with Gasteiger partial charge in [-0.15, -0.1) is 0 Å². The van der Waals surface area contributed by atoms with Crippen LogP contribution in [0.15, 0.2) is 30.3 Å². The molecule has 2 aromatic heterocycles. The Morgan fingerprint density at radius 3 is 2.35 bits per heavy atom. The highest BCUT2D eigenvalue weighted by Gasteiger charge is 2.23. The van der Waals surface area contributed by atoms with Gasteiger partial charge in [0, 0.05) is 24.4 Å². The van der Waals surface area contributed by atoms with Gasteiger partial charge in [0.2, 0.25) is 0 Å². The number of nitrogen functional groups attached to an aromatic ring is 2. The molecule has 1 amide bonds. The number of hydrogen-bond acceptors (Lipinski definition) is 7. The molecule has 2 heterocycles. The normalized spacial score (nSPS) is 11.1. The summed E-state index contributed by atoms with van der Waals surface area (Å²) in [5, 5.41) is 4.45. The van der Waals surface area contributed by atoms with Gasteiger partial charge in [-0.3, -0.25) is 4.90 Å². The number of halogens is 4.